The van der Waals surface area contributed by atoms with Gasteiger partial charge in [0.05, 0.1) is 18.4 Å². The van der Waals surface area contributed by atoms with Crippen molar-refractivity contribution in [1.82, 2.24) is 15.2 Å². The summed E-state index contributed by atoms with van der Waals surface area (Å²) < 4.78 is 12.3. The van der Waals surface area contributed by atoms with Crippen LogP contribution in [0.3, 0.4) is 0 Å². The predicted molar refractivity (Wildman–Crippen MR) is 135 cm³/mol. The van der Waals surface area contributed by atoms with E-state index < -0.39 is 6.23 Å². The zero-order valence-electron chi connectivity index (χ0n) is 20.1. The summed E-state index contributed by atoms with van der Waals surface area (Å²) in [6, 6.07) is 13.5. The Morgan fingerprint density at radius 1 is 1.15 bits per heavy atom. The van der Waals surface area contributed by atoms with E-state index in [1.165, 1.54) is 18.7 Å². The zero-order valence-corrected chi connectivity index (χ0v) is 20.9. The molecule has 2 aromatic carbocycles. The second kappa shape index (κ2) is 10.3. The minimum absolute atomic E-state index is 0.170. The van der Waals surface area contributed by atoms with Crippen LogP contribution in [-0.4, -0.2) is 47.0 Å². The molecule has 178 valence electrons. The molecular weight excluding hydrogens is 450 g/mol. The minimum atomic E-state index is -0.795. The number of fused-ring (bicyclic) bond motifs is 3. The van der Waals surface area contributed by atoms with E-state index in [1.807, 2.05) is 49.4 Å². The van der Waals surface area contributed by atoms with Gasteiger partial charge in [0.15, 0.2) is 5.69 Å². The van der Waals surface area contributed by atoms with Crippen LogP contribution in [0.1, 0.15) is 39.5 Å². The molecule has 9 heteroatoms. The fraction of sp³-hybridized carbons (Fsp3) is 0.360. The molecule has 0 spiro atoms. The van der Waals surface area contributed by atoms with Gasteiger partial charge in [-0.25, -0.2) is 0 Å². The molecule has 0 fully saturated rings. The first-order valence-electron chi connectivity index (χ1n) is 11.4. The highest BCUT2D eigenvalue weighted by Crippen LogP contribution is 2.45. The summed E-state index contributed by atoms with van der Waals surface area (Å²) >= 11 is 1.48. The Balaban J connectivity index is 1.91. The fourth-order valence-electron chi connectivity index (χ4n) is 4.13. The maximum absolute atomic E-state index is 13.0. The molecular formula is C25H29N5O3S. The lowest BCUT2D eigenvalue weighted by Gasteiger charge is -2.31. The van der Waals surface area contributed by atoms with Gasteiger partial charge in [-0.05, 0) is 37.8 Å². The van der Waals surface area contributed by atoms with Crippen molar-refractivity contribution in [2.45, 2.75) is 39.1 Å². The first-order valence-corrected chi connectivity index (χ1v) is 12.4. The van der Waals surface area contributed by atoms with E-state index in [0.717, 1.165) is 35.7 Å². The molecule has 1 atom stereocenters. The number of hydrogen-bond donors (Lipinski definition) is 0. The van der Waals surface area contributed by atoms with Crippen LogP contribution in [0, 0.1) is 0 Å². The summed E-state index contributed by atoms with van der Waals surface area (Å²) in [5.41, 5.74) is 3.69. The average molecular weight is 480 g/mol. The monoisotopic (exact) mass is 479 g/mol. The molecule has 0 saturated carbocycles. The molecule has 0 radical (unpaired) electrons. The quantitative estimate of drug-likeness (QED) is 0.441. The molecule has 1 aliphatic rings. The number of carbonyl (C=O) groups is 1. The number of ether oxygens (including phenoxy) is 2. The Hall–Kier alpha value is -3.33. The van der Waals surface area contributed by atoms with Gasteiger partial charge < -0.3 is 14.4 Å². The predicted octanol–water partition coefficient (Wildman–Crippen LogP) is 4.95. The summed E-state index contributed by atoms with van der Waals surface area (Å²) in [7, 11) is 1.63. The molecule has 1 amide bonds. The van der Waals surface area contributed by atoms with Gasteiger partial charge in [-0.1, -0.05) is 36.9 Å². The highest BCUT2D eigenvalue weighted by Gasteiger charge is 2.36. The zero-order chi connectivity index (χ0) is 24.2. The maximum Gasteiger partial charge on any atom is 0.247 e. The van der Waals surface area contributed by atoms with Gasteiger partial charge >= 0.3 is 0 Å². The van der Waals surface area contributed by atoms with Crippen molar-refractivity contribution in [2.24, 2.45) is 0 Å². The number of nitrogens with zero attached hydrogens (tertiary/aromatic N) is 5. The molecule has 3 aromatic rings. The van der Waals surface area contributed by atoms with E-state index in [0.29, 0.717) is 28.2 Å². The van der Waals surface area contributed by atoms with E-state index in [1.54, 1.807) is 12.0 Å². The third-order valence-electron chi connectivity index (χ3n) is 5.74. The minimum Gasteiger partial charge on any atom is -0.496 e. The largest absolute Gasteiger partial charge is 0.496 e. The first kappa shape index (κ1) is 23.8. The van der Waals surface area contributed by atoms with Gasteiger partial charge in [0.25, 0.3) is 0 Å². The molecule has 34 heavy (non-hydrogen) atoms. The summed E-state index contributed by atoms with van der Waals surface area (Å²) in [6.07, 6.45) is -0.795. The van der Waals surface area contributed by atoms with Crippen molar-refractivity contribution in [2.75, 3.05) is 35.8 Å². The molecule has 4 rings (SSSR count). The topological polar surface area (TPSA) is 80.7 Å². The SMILES string of the molecule is CCSc1nnc2c(n1)O[C@@H](c1ccc(N(CC)CC)cc1OC)N(C(C)=O)c1ccccc1-2. The van der Waals surface area contributed by atoms with Crippen molar-refractivity contribution >= 4 is 29.0 Å². The third-order valence-corrected chi connectivity index (χ3v) is 6.46. The standard InChI is InChI=1S/C25H29N5O3S/c1-6-29(7-2)17-13-14-19(21(15-17)32-5)24-30(16(4)31)20-12-10-9-11-18(20)22-23(33-24)26-25(28-27-22)34-8-3/h9-15,24H,6-8H2,1-5H3/t24-/m0/s1. The number of hydrogen-bond acceptors (Lipinski definition) is 8. The van der Waals surface area contributed by atoms with Crippen LogP contribution in [0.25, 0.3) is 11.3 Å². The molecule has 0 N–H and O–H groups in total. The lowest BCUT2D eigenvalue weighted by molar-refractivity contribution is -0.118. The van der Waals surface area contributed by atoms with Crippen LogP contribution in [0.2, 0.25) is 0 Å². The maximum atomic E-state index is 13.0. The molecule has 0 saturated heterocycles. The highest BCUT2D eigenvalue weighted by molar-refractivity contribution is 7.99. The van der Waals surface area contributed by atoms with Crippen molar-refractivity contribution in [3.05, 3.63) is 48.0 Å². The lowest BCUT2D eigenvalue weighted by atomic mass is 10.1. The number of aromatic nitrogens is 3. The van der Waals surface area contributed by atoms with Crippen molar-refractivity contribution in [3.8, 4) is 22.9 Å². The van der Waals surface area contributed by atoms with Gasteiger partial charge in [0.1, 0.15) is 5.75 Å². The van der Waals surface area contributed by atoms with E-state index in [9.17, 15) is 4.79 Å². The van der Waals surface area contributed by atoms with Crippen molar-refractivity contribution < 1.29 is 14.3 Å². The number of thioether (sulfide) groups is 1. The normalized spacial score (nSPS) is 14.5. The Morgan fingerprint density at radius 2 is 1.91 bits per heavy atom. The smallest absolute Gasteiger partial charge is 0.247 e. The molecule has 1 aromatic heterocycles. The number of amides is 1. The number of carbonyl (C=O) groups excluding carboxylic acids is 1. The van der Waals surface area contributed by atoms with Crippen LogP contribution in [0.5, 0.6) is 11.6 Å². The van der Waals surface area contributed by atoms with Crippen LogP contribution >= 0.6 is 11.8 Å². The first-order chi connectivity index (χ1) is 16.5. The summed E-state index contributed by atoms with van der Waals surface area (Å²) in [5.74, 6) is 1.60. The van der Waals surface area contributed by atoms with Crippen molar-refractivity contribution in [3.63, 3.8) is 0 Å². The average Bonchev–Trinajstić information content (AvgIpc) is 2.99. The Bertz CT molecular complexity index is 1180. The van der Waals surface area contributed by atoms with Crippen LogP contribution in [0.15, 0.2) is 47.6 Å². The number of methoxy groups -OCH3 is 1. The van der Waals surface area contributed by atoms with E-state index in [2.05, 4.69) is 33.9 Å². The Morgan fingerprint density at radius 3 is 2.59 bits per heavy atom. The van der Waals surface area contributed by atoms with E-state index >= 15 is 0 Å². The van der Waals surface area contributed by atoms with Crippen LogP contribution in [-0.2, 0) is 4.79 Å². The fourth-order valence-corrected chi connectivity index (χ4v) is 4.64. The van der Waals surface area contributed by atoms with Crippen molar-refractivity contribution in [1.29, 1.82) is 0 Å². The molecule has 0 aliphatic carbocycles. The van der Waals surface area contributed by atoms with E-state index in [4.69, 9.17) is 9.47 Å². The van der Waals surface area contributed by atoms with Gasteiger partial charge in [0, 0.05) is 37.3 Å². The van der Waals surface area contributed by atoms with E-state index in [-0.39, 0.29) is 5.91 Å². The summed E-state index contributed by atoms with van der Waals surface area (Å²) in [4.78, 5) is 21.5. The molecule has 1 aliphatic heterocycles. The molecule has 2 heterocycles. The van der Waals surface area contributed by atoms with Crippen LogP contribution < -0.4 is 19.3 Å². The molecule has 0 unspecified atom stereocenters. The van der Waals surface area contributed by atoms with Gasteiger partial charge in [0.2, 0.25) is 23.2 Å². The number of benzene rings is 2. The summed E-state index contributed by atoms with van der Waals surface area (Å²) in [5, 5.41) is 9.22. The molecule has 0 bridgehead atoms. The number of anilines is 2. The van der Waals surface area contributed by atoms with Gasteiger partial charge in [-0.3, -0.25) is 9.69 Å². The molecule has 8 nitrogen and oxygen atoms in total. The third kappa shape index (κ3) is 4.40. The lowest BCUT2D eigenvalue weighted by Crippen LogP contribution is -2.36. The summed E-state index contributed by atoms with van der Waals surface area (Å²) in [6.45, 7) is 9.53. The second-order valence-electron chi connectivity index (χ2n) is 7.66. The highest BCUT2D eigenvalue weighted by atomic mass is 32.2. The number of para-hydroxylation sites is 1. The van der Waals surface area contributed by atoms with Gasteiger partial charge in [-0.2, -0.15) is 4.98 Å². The Labute approximate surface area is 204 Å². The Kier molecular flexibility index (Phi) is 7.21. The number of rotatable bonds is 7. The second-order valence-corrected chi connectivity index (χ2v) is 8.89. The van der Waals surface area contributed by atoms with Crippen LogP contribution in [0.4, 0.5) is 11.4 Å². The van der Waals surface area contributed by atoms with Gasteiger partial charge in [-0.15, -0.1) is 10.2 Å².